The zero-order valence-corrected chi connectivity index (χ0v) is 10.0. The number of hydrogen-bond acceptors (Lipinski definition) is 4. The average Bonchev–Trinajstić information content (AvgIpc) is 2.59. The van der Waals surface area contributed by atoms with Gasteiger partial charge in [0.15, 0.2) is 0 Å². The van der Waals surface area contributed by atoms with Crippen LogP contribution in [0.4, 0.5) is 9.18 Å². The van der Waals surface area contributed by atoms with Crippen LogP contribution in [0.25, 0.3) is 0 Å². The molecule has 4 N–H and O–H groups in total. The summed E-state index contributed by atoms with van der Waals surface area (Å²) in [5, 5.41) is 18.6. The van der Waals surface area contributed by atoms with Crippen LogP contribution < -0.4 is 5.73 Å². The molecule has 0 aromatic heterocycles. The summed E-state index contributed by atoms with van der Waals surface area (Å²) >= 11 is 0. The maximum Gasteiger partial charge on any atom is 0.345 e. The van der Waals surface area contributed by atoms with Crippen LogP contribution in [-0.2, 0) is 0 Å². The van der Waals surface area contributed by atoms with Gasteiger partial charge in [0.1, 0.15) is 11.7 Å². The van der Waals surface area contributed by atoms with Gasteiger partial charge in [-0.2, -0.15) is 4.99 Å². The fourth-order valence-electron chi connectivity index (χ4n) is 2.29. The summed E-state index contributed by atoms with van der Waals surface area (Å²) in [5.74, 6) is -0.548. The summed E-state index contributed by atoms with van der Waals surface area (Å²) in [6, 6.07) is -1.45. The molecule has 2 amide bonds. The van der Waals surface area contributed by atoms with Crippen molar-refractivity contribution in [3.63, 3.8) is 0 Å². The highest BCUT2D eigenvalue weighted by Crippen LogP contribution is 2.33. The minimum atomic E-state index is -1.05. The molecule has 1 aliphatic carbocycles. The van der Waals surface area contributed by atoms with Gasteiger partial charge in [0.25, 0.3) is 0 Å². The van der Waals surface area contributed by atoms with E-state index in [1.807, 2.05) is 0 Å². The first-order chi connectivity index (χ1) is 8.45. The SMILES string of the molecule is CC1CN([C@H]2C[C@H](O)C(CO)=C2F)C(=O)N=C1N. The number of urea groups is 1. The van der Waals surface area contributed by atoms with Gasteiger partial charge in [-0.15, -0.1) is 0 Å². The fourth-order valence-corrected chi connectivity index (χ4v) is 2.29. The van der Waals surface area contributed by atoms with Crippen molar-refractivity contribution in [1.82, 2.24) is 4.90 Å². The zero-order valence-electron chi connectivity index (χ0n) is 10.0. The summed E-state index contributed by atoms with van der Waals surface area (Å²) in [5.41, 5.74) is 5.50. The molecule has 0 aromatic carbocycles. The topological polar surface area (TPSA) is 99.1 Å². The number of amides is 2. The molecule has 0 saturated carbocycles. The van der Waals surface area contributed by atoms with E-state index in [0.717, 1.165) is 0 Å². The Kier molecular flexibility index (Phi) is 3.36. The molecule has 0 bridgehead atoms. The maximum atomic E-state index is 14.0. The Morgan fingerprint density at radius 1 is 1.61 bits per heavy atom. The molecule has 2 aliphatic rings. The van der Waals surface area contributed by atoms with Crippen molar-refractivity contribution in [2.45, 2.75) is 25.5 Å². The summed E-state index contributed by atoms with van der Waals surface area (Å²) in [6.07, 6.45) is -0.998. The number of carbonyl (C=O) groups excluding carboxylic acids is 1. The number of carbonyl (C=O) groups is 1. The van der Waals surface area contributed by atoms with Gasteiger partial charge in [-0.05, 0) is 0 Å². The van der Waals surface area contributed by atoms with Crippen LogP contribution >= 0.6 is 0 Å². The number of rotatable bonds is 2. The van der Waals surface area contributed by atoms with Crippen LogP contribution in [0.5, 0.6) is 0 Å². The van der Waals surface area contributed by atoms with Crippen molar-refractivity contribution < 1.29 is 19.4 Å². The number of aliphatic hydroxyl groups excluding tert-OH is 2. The molecule has 100 valence electrons. The zero-order chi connectivity index (χ0) is 13.4. The Morgan fingerprint density at radius 2 is 2.28 bits per heavy atom. The molecule has 3 atom stereocenters. The number of hydrogen-bond donors (Lipinski definition) is 3. The van der Waals surface area contributed by atoms with E-state index in [1.165, 1.54) is 4.90 Å². The van der Waals surface area contributed by atoms with Gasteiger partial charge < -0.3 is 20.8 Å². The third kappa shape index (κ3) is 1.99. The van der Waals surface area contributed by atoms with E-state index in [0.29, 0.717) is 0 Å². The monoisotopic (exact) mass is 257 g/mol. The van der Waals surface area contributed by atoms with E-state index in [1.54, 1.807) is 6.92 Å². The Morgan fingerprint density at radius 3 is 2.83 bits per heavy atom. The van der Waals surface area contributed by atoms with Crippen LogP contribution in [0.3, 0.4) is 0 Å². The number of aliphatic hydroxyl groups is 2. The van der Waals surface area contributed by atoms with Gasteiger partial charge in [-0.1, -0.05) is 6.92 Å². The number of halogens is 1. The molecule has 1 unspecified atom stereocenters. The van der Waals surface area contributed by atoms with Crippen molar-refractivity contribution in [3.8, 4) is 0 Å². The van der Waals surface area contributed by atoms with Gasteiger partial charge in [-0.3, -0.25) is 0 Å². The standard InChI is InChI=1S/C11H16FN3O3/c1-5-3-15(11(18)14-10(5)13)7-2-8(17)6(4-16)9(7)12/h5,7-8,16-17H,2-4H2,1H3,(H2,13,14,18)/t5?,7-,8-/m0/s1. The molecular formula is C11H16FN3O3. The maximum absolute atomic E-state index is 14.0. The third-order valence-electron chi connectivity index (χ3n) is 3.44. The lowest BCUT2D eigenvalue weighted by molar-refractivity contribution is 0.147. The fraction of sp³-hybridized carbons (Fsp3) is 0.636. The average molecular weight is 257 g/mol. The quantitative estimate of drug-likeness (QED) is 0.636. The largest absolute Gasteiger partial charge is 0.392 e. The van der Waals surface area contributed by atoms with Gasteiger partial charge >= 0.3 is 6.03 Å². The molecular weight excluding hydrogens is 241 g/mol. The molecule has 0 fully saturated rings. The smallest absolute Gasteiger partial charge is 0.345 e. The number of nitrogens with zero attached hydrogens (tertiary/aromatic N) is 2. The first-order valence-electron chi connectivity index (χ1n) is 5.77. The minimum absolute atomic E-state index is 0.0512. The highest BCUT2D eigenvalue weighted by Gasteiger charge is 2.40. The number of nitrogens with two attached hydrogens (primary N) is 1. The van der Waals surface area contributed by atoms with Gasteiger partial charge in [-0.25, -0.2) is 9.18 Å². The predicted molar refractivity (Wildman–Crippen MR) is 62.5 cm³/mol. The number of aliphatic imine (C=N–C) groups is 1. The summed E-state index contributed by atoms with van der Waals surface area (Å²) < 4.78 is 14.0. The Hall–Kier alpha value is -1.47. The lowest BCUT2D eigenvalue weighted by atomic mass is 10.1. The molecule has 0 spiro atoms. The first-order valence-corrected chi connectivity index (χ1v) is 5.77. The predicted octanol–water partition coefficient (Wildman–Crippen LogP) is -0.236. The summed E-state index contributed by atoms with van der Waals surface area (Å²) in [4.78, 5) is 16.6. The lowest BCUT2D eigenvalue weighted by Crippen LogP contribution is -2.48. The van der Waals surface area contributed by atoms with Crippen LogP contribution in [0.1, 0.15) is 13.3 Å². The lowest BCUT2D eigenvalue weighted by Gasteiger charge is -2.32. The van der Waals surface area contributed by atoms with E-state index in [2.05, 4.69) is 4.99 Å². The molecule has 18 heavy (non-hydrogen) atoms. The molecule has 0 aromatic rings. The second-order valence-corrected chi connectivity index (χ2v) is 4.67. The van der Waals surface area contributed by atoms with Crippen molar-refractivity contribution in [2.24, 2.45) is 16.6 Å². The van der Waals surface area contributed by atoms with Gasteiger partial charge in [0, 0.05) is 24.5 Å². The summed E-state index contributed by atoms with van der Waals surface area (Å²) in [7, 11) is 0. The Balaban J connectivity index is 2.24. The van der Waals surface area contributed by atoms with Crippen molar-refractivity contribution in [1.29, 1.82) is 0 Å². The molecule has 0 radical (unpaired) electrons. The van der Waals surface area contributed by atoms with E-state index in [-0.39, 0.29) is 30.3 Å². The van der Waals surface area contributed by atoms with Crippen molar-refractivity contribution in [3.05, 3.63) is 11.4 Å². The summed E-state index contributed by atoms with van der Waals surface area (Å²) in [6.45, 7) is 1.50. The highest BCUT2D eigenvalue weighted by molar-refractivity contribution is 5.96. The van der Waals surface area contributed by atoms with Gasteiger partial charge in [0.2, 0.25) is 0 Å². The van der Waals surface area contributed by atoms with Crippen LogP contribution in [0.15, 0.2) is 16.4 Å². The molecule has 1 aliphatic heterocycles. The van der Waals surface area contributed by atoms with Gasteiger partial charge in [0.05, 0.1) is 18.8 Å². The molecule has 7 heteroatoms. The second-order valence-electron chi connectivity index (χ2n) is 4.67. The van der Waals surface area contributed by atoms with E-state index >= 15 is 0 Å². The molecule has 6 nitrogen and oxygen atoms in total. The normalized spacial score (nSPS) is 33.1. The second kappa shape index (κ2) is 4.66. The van der Waals surface area contributed by atoms with Crippen LogP contribution in [-0.4, -0.2) is 52.3 Å². The van der Waals surface area contributed by atoms with Crippen LogP contribution in [0, 0.1) is 5.92 Å². The van der Waals surface area contributed by atoms with Crippen LogP contribution in [0.2, 0.25) is 0 Å². The Labute approximate surface area is 104 Å². The first kappa shape index (κ1) is 13.0. The molecule has 1 heterocycles. The minimum Gasteiger partial charge on any atom is -0.392 e. The van der Waals surface area contributed by atoms with Crippen molar-refractivity contribution >= 4 is 11.9 Å². The van der Waals surface area contributed by atoms with Crippen molar-refractivity contribution in [2.75, 3.05) is 13.2 Å². The third-order valence-corrected chi connectivity index (χ3v) is 3.44. The molecule has 2 rings (SSSR count). The van der Waals surface area contributed by atoms with E-state index in [4.69, 9.17) is 10.8 Å². The van der Waals surface area contributed by atoms with E-state index < -0.39 is 30.6 Å². The molecule has 0 saturated heterocycles. The highest BCUT2D eigenvalue weighted by atomic mass is 19.1. The number of amidine groups is 1. The Bertz CT molecular complexity index is 435. The van der Waals surface area contributed by atoms with E-state index in [9.17, 15) is 14.3 Å².